The van der Waals surface area contributed by atoms with Crippen molar-refractivity contribution in [2.75, 3.05) is 20.1 Å². The summed E-state index contributed by atoms with van der Waals surface area (Å²) in [5.74, 6) is 0.0700. The predicted molar refractivity (Wildman–Crippen MR) is 81.4 cm³/mol. The summed E-state index contributed by atoms with van der Waals surface area (Å²) >= 11 is 0. The zero-order valence-electron chi connectivity index (χ0n) is 12.6. The van der Waals surface area contributed by atoms with Gasteiger partial charge >= 0.3 is 0 Å². The number of nitrogens with zero attached hydrogens (tertiary/aromatic N) is 2. The average molecular weight is 275 g/mol. The first-order valence-corrected chi connectivity index (χ1v) is 7.29. The zero-order valence-corrected chi connectivity index (χ0v) is 12.6. The van der Waals surface area contributed by atoms with Crippen LogP contribution in [0.4, 0.5) is 0 Å². The molecule has 1 aliphatic rings. The molecule has 0 spiro atoms. The maximum absolute atomic E-state index is 12.5. The summed E-state index contributed by atoms with van der Waals surface area (Å²) in [7, 11) is 2.11. The first kappa shape index (κ1) is 15.0. The van der Waals surface area contributed by atoms with Gasteiger partial charge in [0, 0.05) is 25.2 Å². The van der Waals surface area contributed by atoms with E-state index in [2.05, 4.69) is 25.8 Å². The third kappa shape index (κ3) is 3.38. The Morgan fingerprint density at radius 1 is 1.25 bits per heavy atom. The van der Waals surface area contributed by atoms with Crippen molar-refractivity contribution < 1.29 is 4.79 Å². The van der Waals surface area contributed by atoms with E-state index >= 15 is 0 Å². The van der Waals surface area contributed by atoms with E-state index < -0.39 is 6.04 Å². The number of hydrogen-bond acceptors (Lipinski definition) is 3. The van der Waals surface area contributed by atoms with E-state index in [-0.39, 0.29) is 5.91 Å². The highest BCUT2D eigenvalue weighted by Crippen LogP contribution is 2.15. The molecule has 1 aliphatic heterocycles. The summed E-state index contributed by atoms with van der Waals surface area (Å²) in [5, 5.41) is 0. The molecular formula is C16H25N3O. The molecule has 4 nitrogen and oxygen atoms in total. The summed E-state index contributed by atoms with van der Waals surface area (Å²) in [6, 6.07) is 10.3. The van der Waals surface area contributed by atoms with Crippen molar-refractivity contribution in [2.24, 2.45) is 5.73 Å². The topological polar surface area (TPSA) is 49.6 Å². The molecule has 2 rings (SSSR count). The lowest BCUT2D eigenvalue weighted by atomic mass is 10.0. The van der Waals surface area contributed by atoms with E-state index in [0.717, 1.165) is 18.7 Å². The minimum absolute atomic E-state index is 0.0700. The lowest BCUT2D eigenvalue weighted by Crippen LogP contribution is -2.59. The summed E-state index contributed by atoms with van der Waals surface area (Å²) in [6.07, 6.45) is 0.606. The van der Waals surface area contributed by atoms with Crippen molar-refractivity contribution in [2.45, 2.75) is 38.4 Å². The summed E-state index contributed by atoms with van der Waals surface area (Å²) in [5.41, 5.74) is 7.22. The Balaban J connectivity index is 1.97. The molecule has 3 unspecified atom stereocenters. The average Bonchev–Trinajstić information content (AvgIpc) is 2.44. The Labute approximate surface area is 121 Å². The van der Waals surface area contributed by atoms with Crippen LogP contribution in [0.3, 0.4) is 0 Å². The number of benzene rings is 1. The van der Waals surface area contributed by atoms with E-state index in [0.29, 0.717) is 18.5 Å². The maximum atomic E-state index is 12.5. The molecule has 1 fully saturated rings. The molecular weight excluding hydrogens is 250 g/mol. The first-order valence-electron chi connectivity index (χ1n) is 7.29. The first-order chi connectivity index (χ1) is 9.49. The molecule has 1 amide bonds. The molecule has 110 valence electrons. The fraction of sp³-hybridized carbons (Fsp3) is 0.562. The van der Waals surface area contributed by atoms with Gasteiger partial charge in [0.05, 0.1) is 6.04 Å². The molecule has 2 N–H and O–H groups in total. The van der Waals surface area contributed by atoms with E-state index in [1.165, 1.54) is 0 Å². The van der Waals surface area contributed by atoms with Crippen LogP contribution < -0.4 is 5.73 Å². The van der Waals surface area contributed by atoms with Crippen LogP contribution in [0.2, 0.25) is 0 Å². The fourth-order valence-corrected chi connectivity index (χ4v) is 2.77. The molecule has 1 saturated heterocycles. The van der Waals surface area contributed by atoms with Crippen LogP contribution >= 0.6 is 0 Å². The van der Waals surface area contributed by atoms with Gasteiger partial charge in [-0.3, -0.25) is 9.69 Å². The highest BCUT2D eigenvalue weighted by Gasteiger charge is 2.31. The van der Waals surface area contributed by atoms with Gasteiger partial charge < -0.3 is 10.6 Å². The minimum atomic E-state index is -0.444. The van der Waals surface area contributed by atoms with E-state index in [4.69, 9.17) is 5.73 Å². The van der Waals surface area contributed by atoms with E-state index in [1.54, 1.807) is 0 Å². The second-order valence-electron chi connectivity index (χ2n) is 5.90. The van der Waals surface area contributed by atoms with Gasteiger partial charge in [-0.05, 0) is 32.9 Å². The Bertz CT molecular complexity index is 436. The summed E-state index contributed by atoms with van der Waals surface area (Å²) < 4.78 is 0. The monoisotopic (exact) mass is 275 g/mol. The van der Waals surface area contributed by atoms with Crippen LogP contribution in [0.25, 0.3) is 0 Å². The molecule has 0 radical (unpaired) electrons. The number of likely N-dealkylation sites (N-methyl/N-ethyl adjacent to an activating group) is 1. The molecule has 3 atom stereocenters. The lowest BCUT2D eigenvalue weighted by molar-refractivity contribution is -0.136. The molecule has 1 heterocycles. The quantitative estimate of drug-likeness (QED) is 0.899. The molecule has 1 aromatic carbocycles. The standard InChI is InChI=1S/C16H25N3O/c1-12-10-19(11-13(2)18(12)3)16(20)15(17)9-14-7-5-4-6-8-14/h4-8,12-13,15H,9-11,17H2,1-3H3. The maximum Gasteiger partial charge on any atom is 0.239 e. The number of rotatable bonds is 3. The van der Waals surface area contributed by atoms with Crippen LogP contribution in [0.5, 0.6) is 0 Å². The molecule has 20 heavy (non-hydrogen) atoms. The van der Waals surface area contributed by atoms with Crippen LogP contribution in [-0.4, -0.2) is 54.0 Å². The van der Waals surface area contributed by atoms with Gasteiger partial charge in [0.2, 0.25) is 5.91 Å². The van der Waals surface area contributed by atoms with Crippen LogP contribution in [-0.2, 0) is 11.2 Å². The van der Waals surface area contributed by atoms with Crippen molar-refractivity contribution in [3.8, 4) is 0 Å². The highest BCUT2D eigenvalue weighted by atomic mass is 16.2. The van der Waals surface area contributed by atoms with Gasteiger partial charge in [-0.15, -0.1) is 0 Å². The third-order valence-electron chi connectivity index (χ3n) is 4.29. The van der Waals surface area contributed by atoms with Crippen LogP contribution in [0, 0.1) is 0 Å². The lowest BCUT2D eigenvalue weighted by Gasteiger charge is -2.43. The molecule has 4 heteroatoms. The third-order valence-corrected chi connectivity index (χ3v) is 4.29. The number of piperazine rings is 1. The SMILES string of the molecule is CC1CN(C(=O)C(N)Cc2ccccc2)CC(C)N1C. The van der Waals surface area contributed by atoms with Gasteiger partial charge in [-0.25, -0.2) is 0 Å². The van der Waals surface area contributed by atoms with Crippen molar-refractivity contribution in [1.29, 1.82) is 0 Å². The van der Waals surface area contributed by atoms with Gasteiger partial charge in [0.1, 0.15) is 0 Å². The van der Waals surface area contributed by atoms with E-state index in [1.807, 2.05) is 35.2 Å². The Morgan fingerprint density at radius 3 is 2.35 bits per heavy atom. The Kier molecular flexibility index (Phi) is 4.78. The fourth-order valence-electron chi connectivity index (χ4n) is 2.77. The second kappa shape index (κ2) is 6.37. The Hall–Kier alpha value is -1.39. The molecule has 0 bridgehead atoms. The van der Waals surface area contributed by atoms with Gasteiger partial charge in [0.15, 0.2) is 0 Å². The van der Waals surface area contributed by atoms with Crippen molar-refractivity contribution in [3.63, 3.8) is 0 Å². The highest BCUT2D eigenvalue weighted by molar-refractivity contribution is 5.82. The molecule has 0 aliphatic carbocycles. The van der Waals surface area contributed by atoms with Crippen LogP contribution in [0.15, 0.2) is 30.3 Å². The number of amides is 1. The minimum Gasteiger partial charge on any atom is -0.338 e. The number of carbonyl (C=O) groups is 1. The summed E-state index contributed by atoms with van der Waals surface area (Å²) in [4.78, 5) is 16.7. The largest absolute Gasteiger partial charge is 0.338 e. The van der Waals surface area contributed by atoms with Gasteiger partial charge in [0.25, 0.3) is 0 Å². The predicted octanol–water partition coefficient (Wildman–Crippen LogP) is 1.11. The van der Waals surface area contributed by atoms with Crippen molar-refractivity contribution in [1.82, 2.24) is 9.80 Å². The smallest absolute Gasteiger partial charge is 0.239 e. The van der Waals surface area contributed by atoms with Crippen molar-refractivity contribution in [3.05, 3.63) is 35.9 Å². The van der Waals surface area contributed by atoms with Crippen LogP contribution in [0.1, 0.15) is 19.4 Å². The molecule has 0 aromatic heterocycles. The molecule has 0 saturated carbocycles. The number of carbonyl (C=O) groups excluding carboxylic acids is 1. The zero-order chi connectivity index (χ0) is 14.7. The summed E-state index contributed by atoms with van der Waals surface area (Å²) in [6.45, 7) is 5.83. The van der Waals surface area contributed by atoms with E-state index in [9.17, 15) is 4.79 Å². The van der Waals surface area contributed by atoms with Gasteiger partial charge in [-0.1, -0.05) is 30.3 Å². The molecule has 1 aromatic rings. The second-order valence-corrected chi connectivity index (χ2v) is 5.90. The normalized spacial score (nSPS) is 25.5. The number of hydrogen-bond donors (Lipinski definition) is 1. The van der Waals surface area contributed by atoms with Gasteiger partial charge in [-0.2, -0.15) is 0 Å². The Morgan fingerprint density at radius 2 is 1.80 bits per heavy atom. The number of nitrogens with two attached hydrogens (primary N) is 1. The van der Waals surface area contributed by atoms with Crippen molar-refractivity contribution >= 4 is 5.91 Å².